The predicted octanol–water partition coefficient (Wildman–Crippen LogP) is 2.54. The van der Waals surface area contributed by atoms with E-state index in [0.29, 0.717) is 30.3 Å². The Kier molecular flexibility index (Phi) is 5.32. The Morgan fingerprint density at radius 1 is 0.889 bits per heavy atom. The molecule has 1 atom stereocenters. The molecule has 1 aliphatic heterocycles. The molecule has 0 spiro atoms. The lowest BCUT2D eigenvalue weighted by Crippen LogP contribution is -2.38. The van der Waals surface area contributed by atoms with Crippen molar-refractivity contribution < 1.29 is 9.59 Å². The molecule has 0 bridgehead atoms. The lowest BCUT2D eigenvalue weighted by atomic mass is 9.88. The topological polar surface area (TPSA) is 61.4 Å². The monoisotopic (exact) mass is 363 g/mol. The van der Waals surface area contributed by atoms with Gasteiger partial charge in [0.2, 0.25) is 0 Å². The van der Waals surface area contributed by atoms with Gasteiger partial charge in [-0.1, -0.05) is 36.4 Å². The average Bonchev–Trinajstić information content (AvgIpc) is 2.95. The summed E-state index contributed by atoms with van der Waals surface area (Å²) in [6.07, 6.45) is 3.57. The van der Waals surface area contributed by atoms with Gasteiger partial charge in [-0.3, -0.25) is 14.5 Å². The van der Waals surface area contributed by atoms with E-state index in [0.717, 1.165) is 13.1 Å². The first kappa shape index (κ1) is 17.9. The molecule has 0 saturated heterocycles. The number of amides is 2. The van der Waals surface area contributed by atoms with Crippen LogP contribution in [-0.2, 0) is 6.42 Å². The normalized spacial score (nSPS) is 18.5. The molecular formula is C22H25N3O2. The largest absolute Gasteiger partial charge is 0.314 e. The van der Waals surface area contributed by atoms with E-state index in [1.165, 1.54) is 35.3 Å². The highest BCUT2D eigenvalue weighted by molar-refractivity contribution is 6.21. The van der Waals surface area contributed by atoms with Crippen LogP contribution in [0.2, 0.25) is 0 Å². The van der Waals surface area contributed by atoms with Gasteiger partial charge in [-0.25, -0.2) is 0 Å². The molecule has 0 radical (unpaired) electrons. The molecule has 5 nitrogen and oxygen atoms in total. The fourth-order valence-corrected chi connectivity index (χ4v) is 4.06. The first-order chi connectivity index (χ1) is 13.3. The van der Waals surface area contributed by atoms with Crippen LogP contribution in [0.4, 0.5) is 0 Å². The Labute approximate surface area is 159 Å². The summed E-state index contributed by atoms with van der Waals surface area (Å²) in [6, 6.07) is 16.1. The molecule has 2 aliphatic rings. The molecule has 2 N–H and O–H groups in total. The second-order valence-corrected chi connectivity index (χ2v) is 7.16. The summed E-state index contributed by atoms with van der Waals surface area (Å²) in [5, 5.41) is 6.96. The van der Waals surface area contributed by atoms with E-state index in [1.807, 2.05) is 0 Å². The van der Waals surface area contributed by atoms with Gasteiger partial charge in [0.05, 0.1) is 11.1 Å². The van der Waals surface area contributed by atoms with Gasteiger partial charge in [-0.2, -0.15) is 0 Å². The summed E-state index contributed by atoms with van der Waals surface area (Å²) < 4.78 is 0. The minimum atomic E-state index is -0.186. The van der Waals surface area contributed by atoms with Gasteiger partial charge in [0, 0.05) is 32.2 Å². The molecule has 1 aliphatic carbocycles. The van der Waals surface area contributed by atoms with E-state index in [2.05, 4.69) is 34.9 Å². The highest BCUT2D eigenvalue weighted by Gasteiger charge is 2.34. The Morgan fingerprint density at radius 3 is 2.37 bits per heavy atom. The van der Waals surface area contributed by atoms with Crippen molar-refractivity contribution in [3.63, 3.8) is 0 Å². The number of nitrogens with zero attached hydrogens (tertiary/aromatic N) is 1. The van der Waals surface area contributed by atoms with Gasteiger partial charge in [0.25, 0.3) is 11.8 Å². The number of hydrogen-bond donors (Lipinski definition) is 2. The van der Waals surface area contributed by atoms with E-state index >= 15 is 0 Å². The zero-order chi connectivity index (χ0) is 18.6. The zero-order valence-corrected chi connectivity index (χ0v) is 15.4. The number of fused-ring (bicyclic) bond motifs is 2. The molecule has 1 unspecified atom stereocenters. The number of aryl methyl sites for hydroxylation is 1. The molecule has 0 saturated carbocycles. The maximum atomic E-state index is 12.3. The molecule has 5 heteroatoms. The SMILES string of the molecule is O=C1c2ccccc2C(=O)N1CCNCCNC1CCCc2ccccc21. The third kappa shape index (κ3) is 3.66. The van der Waals surface area contributed by atoms with Crippen molar-refractivity contribution >= 4 is 11.8 Å². The molecule has 4 rings (SSSR count). The number of rotatable bonds is 7. The molecule has 27 heavy (non-hydrogen) atoms. The Bertz CT molecular complexity index is 814. The maximum absolute atomic E-state index is 12.3. The fourth-order valence-electron chi connectivity index (χ4n) is 4.06. The van der Waals surface area contributed by atoms with Gasteiger partial charge >= 0.3 is 0 Å². The first-order valence-corrected chi connectivity index (χ1v) is 9.73. The van der Waals surface area contributed by atoms with Crippen molar-refractivity contribution in [2.75, 3.05) is 26.2 Å². The van der Waals surface area contributed by atoms with Crippen molar-refractivity contribution in [2.45, 2.75) is 25.3 Å². The Morgan fingerprint density at radius 2 is 1.59 bits per heavy atom. The average molecular weight is 363 g/mol. The third-order valence-electron chi connectivity index (χ3n) is 5.45. The van der Waals surface area contributed by atoms with Crippen LogP contribution >= 0.6 is 0 Å². The molecular weight excluding hydrogens is 338 g/mol. The first-order valence-electron chi connectivity index (χ1n) is 9.73. The fraction of sp³-hybridized carbons (Fsp3) is 0.364. The number of nitrogens with one attached hydrogen (secondary N) is 2. The minimum Gasteiger partial charge on any atom is -0.314 e. The molecule has 2 aromatic rings. The van der Waals surface area contributed by atoms with Crippen LogP contribution < -0.4 is 10.6 Å². The molecule has 0 aromatic heterocycles. The van der Waals surface area contributed by atoms with Crippen LogP contribution in [0.3, 0.4) is 0 Å². The molecule has 1 heterocycles. The second-order valence-electron chi connectivity index (χ2n) is 7.16. The van der Waals surface area contributed by atoms with Crippen LogP contribution in [0.15, 0.2) is 48.5 Å². The minimum absolute atomic E-state index is 0.186. The quantitative estimate of drug-likeness (QED) is 0.586. The third-order valence-corrected chi connectivity index (χ3v) is 5.45. The van der Waals surface area contributed by atoms with Gasteiger partial charge < -0.3 is 10.6 Å². The van der Waals surface area contributed by atoms with E-state index in [9.17, 15) is 9.59 Å². The standard InChI is InChI=1S/C22H25N3O2/c26-21-18-9-3-4-10-19(18)22(27)25(21)15-14-23-12-13-24-20-11-5-7-16-6-1-2-8-17(16)20/h1-4,6,8-10,20,23-24H,5,7,11-15H2. The predicted molar refractivity (Wildman–Crippen MR) is 105 cm³/mol. The van der Waals surface area contributed by atoms with Crippen molar-refractivity contribution in [3.05, 3.63) is 70.8 Å². The molecule has 2 aromatic carbocycles. The Balaban J connectivity index is 1.20. The van der Waals surface area contributed by atoms with Gasteiger partial charge in [0.15, 0.2) is 0 Å². The number of carbonyl (C=O) groups is 2. The van der Waals surface area contributed by atoms with Gasteiger partial charge in [-0.15, -0.1) is 0 Å². The second kappa shape index (κ2) is 8.03. The van der Waals surface area contributed by atoms with Crippen LogP contribution in [0.1, 0.15) is 50.7 Å². The van der Waals surface area contributed by atoms with Gasteiger partial charge in [0.1, 0.15) is 0 Å². The summed E-state index contributed by atoms with van der Waals surface area (Å²) in [7, 11) is 0. The number of hydrogen-bond acceptors (Lipinski definition) is 4. The molecule has 0 fully saturated rings. The number of imide groups is 1. The summed E-state index contributed by atoms with van der Waals surface area (Å²) in [5.74, 6) is -0.372. The molecule has 2 amide bonds. The summed E-state index contributed by atoms with van der Waals surface area (Å²) in [5.41, 5.74) is 3.91. The maximum Gasteiger partial charge on any atom is 0.261 e. The van der Waals surface area contributed by atoms with E-state index in [-0.39, 0.29) is 11.8 Å². The van der Waals surface area contributed by atoms with E-state index in [1.54, 1.807) is 24.3 Å². The van der Waals surface area contributed by atoms with Crippen LogP contribution in [-0.4, -0.2) is 42.9 Å². The van der Waals surface area contributed by atoms with Crippen LogP contribution in [0.25, 0.3) is 0 Å². The van der Waals surface area contributed by atoms with Gasteiger partial charge in [-0.05, 0) is 42.5 Å². The van der Waals surface area contributed by atoms with E-state index in [4.69, 9.17) is 0 Å². The Hall–Kier alpha value is -2.50. The van der Waals surface area contributed by atoms with Crippen LogP contribution in [0.5, 0.6) is 0 Å². The van der Waals surface area contributed by atoms with E-state index < -0.39 is 0 Å². The smallest absolute Gasteiger partial charge is 0.261 e. The lowest BCUT2D eigenvalue weighted by Gasteiger charge is -2.26. The number of carbonyl (C=O) groups excluding carboxylic acids is 2. The summed E-state index contributed by atoms with van der Waals surface area (Å²) >= 11 is 0. The highest BCUT2D eigenvalue weighted by atomic mass is 16.2. The number of benzene rings is 2. The zero-order valence-electron chi connectivity index (χ0n) is 15.4. The summed E-state index contributed by atoms with van der Waals surface area (Å²) in [6.45, 7) is 2.68. The summed E-state index contributed by atoms with van der Waals surface area (Å²) in [4.78, 5) is 26.0. The van der Waals surface area contributed by atoms with Crippen molar-refractivity contribution in [3.8, 4) is 0 Å². The van der Waals surface area contributed by atoms with Crippen molar-refractivity contribution in [2.24, 2.45) is 0 Å². The molecule has 140 valence electrons. The van der Waals surface area contributed by atoms with Crippen molar-refractivity contribution in [1.29, 1.82) is 0 Å². The van der Waals surface area contributed by atoms with Crippen LogP contribution in [0, 0.1) is 0 Å². The lowest BCUT2D eigenvalue weighted by molar-refractivity contribution is 0.0655. The highest BCUT2D eigenvalue weighted by Crippen LogP contribution is 2.29. The van der Waals surface area contributed by atoms with Crippen molar-refractivity contribution in [1.82, 2.24) is 15.5 Å².